The van der Waals surface area contributed by atoms with Crippen LogP contribution >= 0.6 is 11.6 Å². The number of halogens is 1. The van der Waals surface area contributed by atoms with Gasteiger partial charge < -0.3 is 25.5 Å². The van der Waals surface area contributed by atoms with E-state index >= 15 is 0 Å². The van der Waals surface area contributed by atoms with Crippen molar-refractivity contribution in [1.82, 2.24) is 19.9 Å². The van der Waals surface area contributed by atoms with Gasteiger partial charge in [-0.25, -0.2) is 9.97 Å². The Morgan fingerprint density at radius 1 is 1.14 bits per heavy atom. The van der Waals surface area contributed by atoms with Crippen LogP contribution in [0.2, 0.25) is 5.15 Å². The zero-order valence-corrected chi connectivity index (χ0v) is 21.3. The number of rotatable bonds is 8. The number of methoxy groups -OCH3 is 1. The van der Waals surface area contributed by atoms with Gasteiger partial charge in [-0.3, -0.25) is 9.69 Å². The zero-order valence-electron chi connectivity index (χ0n) is 20.6. The summed E-state index contributed by atoms with van der Waals surface area (Å²) in [5.74, 6) is 0.376. The number of hydroxylamine groups is 2. The standard InChI is InChI=1S/C24H34ClN7O3/c1-4-18-22(25)29-24(21(28-18)23(26)33)27-16-5-6-20(34-2)19(15-16)31-9-7-17(8-10-31)30-11-13-32(35-3)14-12-30/h5-6,15,17H,4,7-14H2,1-3H3,(H2,26,33)(H,27,29). The number of carbonyl (C=O) groups is 1. The predicted molar refractivity (Wildman–Crippen MR) is 137 cm³/mol. The van der Waals surface area contributed by atoms with E-state index in [0.717, 1.165) is 69.2 Å². The number of nitrogens with two attached hydrogens (primary N) is 1. The van der Waals surface area contributed by atoms with Gasteiger partial charge in [-0.05, 0) is 37.5 Å². The van der Waals surface area contributed by atoms with Crippen molar-refractivity contribution in [2.45, 2.75) is 32.2 Å². The third-order valence-corrected chi connectivity index (χ3v) is 7.08. The van der Waals surface area contributed by atoms with Crippen LogP contribution in [0.5, 0.6) is 5.75 Å². The molecule has 2 saturated heterocycles. The molecule has 0 atom stereocenters. The predicted octanol–water partition coefficient (Wildman–Crippen LogP) is 2.69. The molecule has 2 fully saturated rings. The summed E-state index contributed by atoms with van der Waals surface area (Å²) in [6.45, 7) is 7.70. The molecule has 190 valence electrons. The van der Waals surface area contributed by atoms with Gasteiger partial charge in [0, 0.05) is 51.0 Å². The topological polar surface area (TPSA) is 109 Å². The van der Waals surface area contributed by atoms with E-state index in [-0.39, 0.29) is 16.7 Å². The van der Waals surface area contributed by atoms with Crippen molar-refractivity contribution in [2.24, 2.45) is 5.73 Å². The van der Waals surface area contributed by atoms with Gasteiger partial charge in [-0.15, -0.1) is 0 Å². The van der Waals surface area contributed by atoms with Crippen molar-refractivity contribution >= 4 is 34.7 Å². The van der Waals surface area contributed by atoms with E-state index in [9.17, 15) is 4.79 Å². The molecule has 3 heterocycles. The number of carbonyl (C=O) groups excluding carboxylic acids is 1. The first-order valence-electron chi connectivity index (χ1n) is 12.0. The SMILES string of the molecule is CCc1nc(C(N)=O)c(Nc2ccc(OC)c(N3CCC(N4CCN(OC)CC4)CC3)c2)nc1Cl. The number of piperidine rings is 1. The number of primary amides is 1. The van der Waals surface area contributed by atoms with Gasteiger partial charge in [0.25, 0.3) is 5.91 Å². The summed E-state index contributed by atoms with van der Waals surface area (Å²) in [4.78, 5) is 30.9. The summed E-state index contributed by atoms with van der Waals surface area (Å²) < 4.78 is 5.66. The molecule has 35 heavy (non-hydrogen) atoms. The average molecular weight is 504 g/mol. The maximum Gasteiger partial charge on any atom is 0.271 e. The number of amides is 1. The lowest BCUT2D eigenvalue weighted by Crippen LogP contribution is -2.53. The second-order valence-electron chi connectivity index (χ2n) is 8.75. The number of ether oxygens (including phenoxy) is 1. The number of piperazine rings is 1. The Kier molecular flexibility index (Phi) is 8.27. The summed E-state index contributed by atoms with van der Waals surface area (Å²) in [5.41, 5.74) is 7.90. The van der Waals surface area contributed by atoms with E-state index in [0.29, 0.717) is 18.2 Å². The molecule has 1 amide bonds. The van der Waals surface area contributed by atoms with E-state index in [1.165, 1.54) is 0 Å². The van der Waals surface area contributed by atoms with E-state index < -0.39 is 5.91 Å². The lowest BCUT2D eigenvalue weighted by Gasteiger charge is -2.42. The van der Waals surface area contributed by atoms with Crippen LogP contribution in [0.4, 0.5) is 17.2 Å². The van der Waals surface area contributed by atoms with Crippen molar-refractivity contribution in [1.29, 1.82) is 0 Å². The lowest BCUT2D eigenvalue weighted by molar-refractivity contribution is -0.155. The summed E-state index contributed by atoms with van der Waals surface area (Å²) in [6, 6.07) is 6.36. The molecule has 0 bridgehead atoms. The summed E-state index contributed by atoms with van der Waals surface area (Å²) in [6.07, 6.45) is 2.72. The van der Waals surface area contributed by atoms with Crippen molar-refractivity contribution < 1.29 is 14.4 Å². The van der Waals surface area contributed by atoms with Gasteiger partial charge in [0.15, 0.2) is 16.7 Å². The fraction of sp³-hybridized carbons (Fsp3) is 0.542. The minimum atomic E-state index is -0.659. The Bertz CT molecular complexity index is 1040. The quantitative estimate of drug-likeness (QED) is 0.561. The molecule has 1 aromatic heterocycles. The van der Waals surface area contributed by atoms with Crippen LogP contribution in [0.3, 0.4) is 0 Å². The number of hydrogen-bond donors (Lipinski definition) is 2. The van der Waals surface area contributed by atoms with E-state index in [4.69, 9.17) is 26.9 Å². The Morgan fingerprint density at radius 3 is 2.46 bits per heavy atom. The number of nitrogens with one attached hydrogen (secondary N) is 1. The fourth-order valence-corrected chi connectivity index (χ4v) is 5.07. The maximum absolute atomic E-state index is 12.0. The second-order valence-corrected chi connectivity index (χ2v) is 9.11. The first kappa shape index (κ1) is 25.4. The Hall–Kier alpha value is -2.66. The molecule has 11 heteroatoms. The number of benzene rings is 1. The molecule has 0 aliphatic carbocycles. The van der Waals surface area contributed by atoms with Gasteiger partial charge in [0.2, 0.25) is 0 Å². The first-order chi connectivity index (χ1) is 16.9. The normalized spacial score (nSPS) is 18.0. The lowest BCUT2D eigenvalue weighted by atomic mass is 10.0. The Balaban J connectivity index is 1.49. The van der Waals surface area contributed by atoms with Gasteiger partial charge in [0.05, 0.1) is 25.6 Å². The first-order valence-corrected chi connectivity index (χ1v) is 12.4. The van der Waals surface area contributed by atoms with Gasteiger partial charge >= 0.3 is 0 Å². The highest BCUT2D eigenvalue weighted by Gasteiger charge is 2.28. The molecule has 2 aromatic rings. The highest BCUT2D eigenvalue weighted by molar-refractivity contribution is 6.30. The van der Waals surface area contributed by atoms with Crippen LogP contribution < -0.4 is 20.7 Å². The van der Waals surface area contributed by atoms with Gasteiger partial charge in [0.1, 0.15) is 5.75 Å². The minimum Gasteiger partial charge on any atom is -0.495 e. The summed E-state index contributed by atoms with van der Waals surface area (Å²) in [5, 5.41) is 5.45. The molecule has 0 saturated carbocycles. The molecule has 2 aliphatic heterocycles. The van der Waals surface area contributed by atoms with Crippen LogP contribution in [0, 0.1) is 0 Å². The zero-order chi connectivity index (χ0) is 24.9. The summed E-state index contributed by atoms with van der Waals surface area (Å²) >= 11 is 6.26. The fourth-order valence-electron chi connectivity index (χ4n) is 4.81. The minimum absolute atomic E-state index is 0.0676. The second kappa shape index (κ2) is 11.4. The van der Waals surface area contributed by atoms with Crippen molar-refractivity contribution in [2.75, 3.05) is 63.7 Å². The molecular formula is C24H34ClN7O3. The van der Waals surface area contributed by atoms with Crippen LogP contribution in [-0.4, -0.2) is 85.4 Å². The highest BCUT2D eigenvalue weighted by atomic mass is 35.5. The summed E-state index contributed by atoms with van der Waals surface area (Å²) in [7, 11) is 3.41. The third kappa shape index (κ3) is 5.78. The molecule has 1 aromatic carbocycles. The molecule has 0 spiro atoms. The number of anilines is 3. The molecule has 3 N–H and O–H groups in total. The Labute approximate surface area is 211 Å². The number of nitrogens with zero attached hydrogens (tertiary/aromatic N) is 5. The maximum atomic E-state index is 12.0. The van der Waals surface area contributed by atoms with Gasteiger partial charge in [-0.1, -0.05) is 18.5 Å². The number of aryl methyl sites for hydroxylation is 1. The third-order valence-electron chi connectivity index (χ3n) is 6.78. The molecule has 10 nitrogen and oxygen atoms in total. The average Bonchev–Trinajstić information content (AvgIpc) is 2.89. The van der Waals surface area contributed by atoms with Gasteiger partial charge in [-0.2, -0.15) is 5.06 Å². The van der Waals surface area contributed by atoms with E-state index in [2.05, 4.69) is 25.1 Å². The van der Waals surface area contributed by atoms with Crippen LogP contribution in [0.15, 0.2) is 18.2 Å². The molecular weight excluding hydrogens is 470 g/mol. The van der Waals surface area contributed by atoms with Crippen molar-refractivity contribution in [3.63, 3.8) is 0 Å². The molecule has 0 unspecified atom stereocenters. The molecule has 4 rings (SSSR count). The highest BCUT2D eigenvalue weighted by Crippen LogP contribution is 2.35. The van der Waals surface area contributed by atoms with Crippen LogP contribution in [0.1, 0.15) is 35.9 Å². The smallest absolute Gasteiger partial charge is 0.271 e. The molecule has 2 aliphatic rings. The Morgan fingerprint density at radius 2 is 1.86 bits per heavy atom. The van der Waals surface area contributed by atoms with Crippen molar-refractivity contribution in [3.8, 4) is 5.75 Å². The van der Waals surface area contributed by atoms with E-state index in [1.807, 2.05) is 30.2 Å². The van der Waals surface area contributed by atoms with Crippen LogP contribution in [-0.2, 0) is 11.3 Å². The van der Waals surface area contributed by atoms with E-state index in [1.54, 1.807) is 14.2 Å². The number of aromatic nitrogens is 2. The monoisotopic (exact) mass is 503 g/mol. The van der Waals surface area contributed by atoms with Crippen LogP contribution in [0.25, 0.3) is 0 Å². The van der Waals surface area contributed by atoms with Crippen molar-refractivity contribution in [3.05, 3.63) is 34.7 Å². The number of hydrogen-bond acceptors (Lipinski definition) is 9. The molecule has 0 radical (unpaired) electrons. The largest absolute Gasteiger partial charge is 0.495 e.